The molecule has 0 N–H and O–H groups in total. The molecular weight excluding hydrogens is 422 g/mol. The van der Waals surface area contributed by atoms with Crippen LogP contribution < -0.4 is 4.90 Å². The first-order valence-electron chi connectivity index (χ1n) is 11.1. The molecule has 0 radical (unpaired) electrons. The zero-order chi connectivity index (χ0) is 22.0. The second-order valence-corrected chi connectivity index (χ2v) is 10.6. The summed E-state index contributed by atoms with van der Waals surface area (Å²) in [6.07, 6.45) is 7.07. The summed E-state index contributed by atoms with van der Waals surface area (Å²) in [6, 6.07) is 14.9. The van der Waals surface area contributed by atoms with Crippen molar-refractivity contribution in [2.75, 3.05) is 31.2 Å². The molecule has 7 heteroatoms. The van der Waals surface area contributed by atoms with E-state index < -0.39 is 9.84 Å². The van der Waals surface area contributed by atoms with Gasteiger partial charge in [0.15, 0.2) is 9.84 Å². The van der Waals surface area contributed by atoms with Gasteiger partial charge in [-0.1, -0.05) is 30.3 Å². The molecule has 3 aromatic rings. The Balaban J connectivity index is 1.50. The van der Waals surface area contributed by atoms with Crippen LogP contribution in [0.2, 0.25) is 0 Å². The summed E-state index contributed by atoms with van der Waals surface area (Å²) in [6.45, 7) is 2.74. The van der Waals surface area contributed by atoms with E-state index in [4.69, 9.17) is 4.74 Å². The molecule has 0 spiro atoms. The van der Waals surface area contributed by atoms with E-state index in [0.717, 1.165) is 53.6 Å². The fourth-order valence-electron chi connectivity index (χ4n) is 4.00. The second kappa shape index (κ2) is 9.00. The van der Waals surface area contributed by atoms with Crippen molar-refractivity contribution < 1.29 is 13.2 Å². The number of aromatic nitrogens is 2. The topological polar surface area (TPSA) is 72.4 Å². The van der Waals surface area contributed by atoms with Crippen LogP contribution in [0, 0.1) is 5.92 Å². The SMILES string of the molecule is O=S(=O)(Cc1ccccc1)c1cc(-c2cnc(CC3CC3)nc2)cc(N2CCOCC2)c1. The number of hydrogen-bond acceptors (Lipinski definition) is 6. The number of sulfone groups is 1. The van der Waals surface area contributed by atoms with Gasteiger partial charge in [0.25, 0.3) is 0 Å². The fraction of sp³-hybridized carbons (Fsp3) is 0.360. The third-order valence-corrected chi connectivity index (χ3v) is 7.70. The van der Waals surface area contributed by atoms with E-state index in [1.165, 1.54) is 12.8 Å². The predicted octanol–water partition coefficient (Wildman–Crippen LogP) is 3.91. The average Bonchev–Trinajstić information content (AvgIpc) is 3.64. The number of benzene rings is 2. The molecule has 1 saturated heterocycles. The van der Waals surface area contributed by atoms with Crippen LogP contribution in [0.4, 0.5) is 5.69 Å². The number of rotatable bonds is 7. The van der Waals surface area contributed by atoms with E-state index in [0.29, 0.717) is 18.1 Å². The lowest BCUT2D eigenvalue weighted by atomic mass is 10.1. The van der Waals surface area contributed by atoms with Crippen molar-refractivity contribution in [3.63, 3.8) is 0 Å². The number of nitrogens with zero attached hydrogens (tertiary/aromatic N) is 3. The van der Waals surface area contributed by atoms with Crippen LogP contribution >= 0.6 is 0 Å². The predicted molar refractivity (Wildman–Crippen MR) is 124 cm³/mol. The summed E-state index contributed by atoms with van der Waals surface area (Å²) in [5.74, 6) is 1.55. The van der Waals surface area contributed by atoms with Crippen molar-refractivity contribution in [2.24, 2.45) is 5.92 Å². The first kappa shape index (κ1) is 21.1. The Kier molecular flexibility index (Phi) is 5.93. The Bertz CT molecular complexity index is 1170. The summed E-state index contributed by atoms with van der Waals surface area (Å²) in [4.78, 5) is 11.6. The van der Waals surface area contributed by atoms with E-state index in [2.05, 4.69) is 14.9 Å². The Morgan fingerprint density at radius 2 is 1.66 bits per heavy atom. The summed E-state index contributed by atoms with van der Waals surface area (Å²) in [5, 5.41) is 0. The molecule has 2 aliphatic rings. The minimum Gasteiger partial charge on any atom is -0.378 e. The van der Waals surface area contributed by atoms with Crippen molar-refractivity contribution in [1.82, 2.24) is 9.97 Å². The molecule has 2 fully saturated rings. The lowest BCUT2D eigenvalue weighted by Crippen LogP contribution is -2.36. The molecule has 32 heavy (non-hydrogen) atoms. The van der Waals surface area contributed by atoms with Crippen LogP contribution in [0.3, 0.4) is 0 Å². The van der Waals surface area contributed by atoms with Crippen molar-refractivity contribution >= 4 is 15.5 Å². The van der Waals surface area contributed by atoms with Gasteiger partial charge in [0.05, 0.1) is 23.9 Å². The maximum Gasteiger partial charge on any atom is 0.182 e. The number of ether oxygens (including phenoxy) is 1. The van der Waals surface area contributed by atoms with Gasteiger partial charge in [-0.25, -0.2) is 18.4 Å². The third kappa shape index (κ3) is 5.00. The van der Waals surface area contributed by atoms with E-state index >= 15 is 0 Å². The van der Waals surface area contributed by atoms with Gasteiger partial charge in [0.1, 0.15) is 5.82 Å². The fourth-order valence-corrected chi connectivity index (χ4v) is 5.40. The summed E-state index contributed by atoms with van der Waals surface area (Å²) < 4.78 is 32.1. The van der Waals surface area contributed by atoms with E-state index in [1.807, 2.05) is 48.8 Å². The Hall–Kier alpha value is -2.77. The van der Waals surface area contributed by atoms with E-state index in [1.54, 1.807) is 12.1 Å². The van der Waals surface area contributed by atoms with E-state index in [-0.39, 0.29) is 5.75 Å². The molecule has 1 aliphatic heterocycles. The molecule has 2 aromatic carbocycles. The van der Waals surface area contributed by atoms with Gasteiger partial charge in [-0.3, -0.25) is 0 Å². The van der Waals surface area contributed by atoms with Crippen LogP contribution in [0.5, 0.6) is 0 Å². The van der Waals surface area contributed by atoms with Gasteiger partial charge < -0.3 is 9.64 Å². The van der Waals surface area contributed by atoms with Crippen molar-refractivity contribution in [3.8, 4) is 11.1 Å². The highest BCUT2D eigenvalue weighted by Crippen LogP contribution is 2.33. The number of hydrogen-bond donors (Lipinski definition) is 0. The second-order valence-electron chi connectivity index (χ2n) is 8.60. The molecule has 5 rings (SSSR count). The van der Waals surface area contributed by atoms with Crippen LogP contribution in [0.1, 0.15) is 24.2 Å². The minimum atomic E-state index is -3.52. The molecule has 166 valence electrons. The van der Waals surface area contributed by atoms with Crippen LogP contribution in [-0.2, 0) is 26.7 Å². The van der Waals surface area contributed by atoms with Gasteiger partial charge in [-0.05, 0) is 48.1 Å². The molecule has 0 amide bonds. The monoisotopic (exact) mass is 449 g/mol. The van der Waals surface area contributed by atoms with Gasteiger partial charge >= 0.3 is 0 Å². The van der Waals surface area contributed by atoms with Crippen LogP contribution in [0.25, 0.3) is 11.1 Å². The quantitative estimate of drug-likeness (QED) is 0.545. The molecule has 0 bridgehead atoms. The molecule has 1 saturated carbocycles. The first-order chi connectivity index (χ1) is 15.6. The zero-order valence-corrected chi connectivity index (χ0v) is 18.8. The largest absolute Gasteiger partial charge is 0.378 e. The summed E-state index contributed by atoms with van der Waals surface area (Å²) >= 11 is 0. The molecule has 1 aromatic heterocycles. The lowest BCUT2D eigenvalue weighted by molar-refractivity contribution is 0.122. The first-order valence-corrected chi connectivity index (χ1v) is 12.8. The number of morpholine rings is 1. The Labute approximate surface area is 189 Å². The molecule has 2 heterocycles. The van der Waals surface area contributed by atoms with Crippen molar-refractivity contribution in [3.05, 3.63) is 72.3 Å². The molecule has 1 aliphatic carbocycles. The van der Waals surface area contributed by atoms with Crippen LogP contribution in [-0.4, -0.2) is 44.7 Å². The summed E-state index contributed by atoms with van der Waals surface area (Å²) in [7, 11) is -3.52. The van der Waals surface area contributed by atoms with Gasteiger partial charge in [0.2, 0.25) is 0 Å². The maximum atomic E-state index is 13.3. The van der Waals surface area contributed by atoms with E-state index in [9.17, 15) is 8.42 Å². The molecule has 0 unspecified atom stereocenters. The maximum absolute atomic E-state index is 13.3. The zero-order valence-electron chi connectivity index (χ0n) is 18.0. The van der Waals surface area contributed by atoms with Crippen LogP contribution in [0.15, 0.2) is 65.8 Å². The average molecular weight is 450 g/mol. The third-order valence-electron chi connectivity index (χ3n) is 6.03. The molecular formula is C25H27N3O3S. The van der Waals surface area contributed by atoms with Crippen molar-refractivity contribution in [2.45, 2.75) is 29.9 Å². The lowest BCUT2D eigenvalue weighted by Gasteiger charge is -2.29. The van der Waals surface area contributed by atoms with Gasteiger partial charge in [0, 0.05) is 43.2 Å². The van der Waals surface area contributed by atoms with Crippen molar-refractivity contribution in [1.29, 1.82) is 0 Å². The highest BCUT2D eigenvalue weighted by Gasteiger charge is 2.23. The summed E-state index contributed by atoms with van der Waals surface area (Å²) in [5.41, 5.74) is 3.31. The Morgan fingerprint density at radius 3 is 2.34 bits per heavy atom. The highest BCUT2D eigenvalue weighted by atomic mass is 32.2. The normalized spacial score (nSPS) is 16.8. The Morgan fingerprint density at radius 1 is 0.938 bits per heavy atom. The minimum absolute atomic E-state index is 0.0311. The van der Waals surface area contributed by atoms with Gasteiger partial charge in [-0.15, -0.1) is 0 Å². The highest BCUT2D eigenvalue weighted by molar-refractivity contribution is 7.90. The smallest absolute Gasteiger partial charge is 0.182 e. The number of anilines is 1. The molecule has 0 atom stereocenters. The van der Waals surface area contributed by atoms with Gasteiger partial charge in [-0.2, -0.15) is 0 Å². The standard InChI is InChI=1S/C25H27N3O3S/c29-32(30,18-20-4-2-1-3-5-20)24-14-21(13-23(15-24)28-8-10-31-11-9-28)22-16-26-25(27-17-22)12-19-6-7-19/h1-5,13-17,19H,6-12,18H2. The molecule has 6 nitrogen and oxygen atoms in total.